The third kappa shape index (κ3) is 4.70. The number of phenols is 1. The van der Waals surface area contributed by atoms with Gasteiger partial charge >= 0.3 is 11.9 Å². The fourth-order valence-corrected chi connectivity index (χ4v) is 8.13. The van der Waals surface area contributed by atoms with Crippen LogP contribution in [0.2, 0.25) is 0 Å². The van der Waals surface area contributed by atoms with E-state index < -0.39 is 23.6 Å². The molecule has 0 aliphatic heterocycles. The lowest BCUT2D eigenvalue weighted by Crippen LogP contribution is -2.51. The van der Waals surface area contributed by atoms with E-state index in [2.05, 4.69) is 19.9 Å². The summed E-state index contributed by atoms with van der Waals surface area (Å²) in [6, 6.07) is 2.57. The number of carbonyl (C=O) groups excluding carboxylic acids is 4. The summed E-state index contributed by atoms with van der Waals surface area (Å²) in [5.74, 6) is -1.06. The van der Waals surface area contributed by atoms with E-state index in [1.165, 1.54) is 17.7 Å². The average Bonchev–Trinajstić information content (AvgIpc) is 3.21. The van der Waals surface area contributed by atoms with Crippen molar-refractivity contribution < 1.29 is 33.8 Å². The molecule has 1 amide bonds. The molecule has 210 valence electrons. The Balaban J connectivity index is 1.19. The molecule has 39 heavy (non-hydrogen) atoms. The van der Waals surface area contributed by atoms with Gasteiger partial charge in [0.05, 0.1) is 18.5 Å². The SMILES string of the molecule is CC12CCC(=O)CC1=CCC1C2CCC2(C)C(OC(=O)CCC(=O)Oc3ccc(N)c(O)c3C(N)=O)CCC12. The molecule has 0 bridgehead atoms. The number of nitrogen functional groups attached to an aromatic ring is 1. The van der Waals surface area contributed by atoms with Crippen molar-refractivity contribution >= 4 is 29.3 Å². The smallest absolute Gasteiger partial charge is 0.311 e. The van der Waals surface area contributed by atoms with Crippen LogP contribution in [0.25, 0.3) is 0 Å². The molecule has 1 aromatic carbocycles. The van der Waals surface area contributed by atoms with Crippen LogP contribution in [-0.2, 0) is 19.1 Å². The summed E-state index contributed by atoms with van der Waals surface area (Å²) in [6.45, 7) is 4.60. The number of allylic oxidation sites excluding steroid dienone is 2. The topological polar surface area (TPSA) is 159 Å². The summed E-state index contributed by atoms with van der Waals surface area (Å²) >= 11 is 0. The van der Waals surface area contributed by atoms with Crippen molar-refractivity contribution in [1.29, 1.82) is 0 Å². The Morgan fingerprint density at radius 2 is 1.79 bits per heavy atom. The minimum atomic E-state index is -0.989. The van der Waals surface area contributed by atoms with Gasteiger partial charge in [0.1, 0.15) is 23.2 Å². The van der Waals surface area contributed by atoms with Crippen LogP contribution in [0, 0.1) is 28.6 Å². The lowest BCUT2D eigenvalue weighted by atomic mass is 9.48. The molecule has 0 spiro atoms. The number of esters is 2. The number of hydrogen-bond donors (Lipinski definition) is 3. The molecule has 6 atom stereocenters. The largest absolute Gasteiger partial charge is 0.505 e. The Labute approximate surface area is 228 Å². The maximum atomic E-state index is 12.8. The maximum Gasteiger partial charge on any atom is 0.311 e. The minimum absolute atomic E-state index is 0.0720. The highest BCUT2D eigenvalue weighted by Crippen LogP contribution is 2.65. The lowest BCUT2D eigenvalue weighted by molar-refractivity contribution is -0.160. The van der Waals surface area contributed by atoms with E-state index >= 15 is 0 Å². The monoisotopic (exact) mass is 538 g/mol. The highest BCUT2D eigenvalue weighted by atomic mass is 16.5. The first-order chi connectivity index (χ1) is 18.4. The fraction of sp³-hybridized carbons (Fsp3) is 0.600. The number of ketones is 1. The van der Waals surface area contributed by atoms with Gasteiger partial charge < -0.3 is 26.0 Å². The number of ether oxygens (including phenoxy) is 2. The number of anilines is 1. The molecule has 0 aromatic heterocycles. The summed E-state index contributed by atoms with van der Waals surface area (Å²) in [5, 5.41) is 10.0. The van der Waals surface area contributed by atoms with Crippen molar-refractivity contribution in [3.05, 3.63) is 29.3 Å². The summed E-state index contributed by atoms with van der Waals surface area (Å²) in [5.41, 5.74) is 11.8. The third-order valence-corrected chi connectivity index (χ3v) is 10.3. The van der Waals surface area contributed by atoms with Gasteiger partial charge in [0.15, 0.2) is 5.75 Å². The van der Waals surface area contributed by atoms with Crippen LogP contribution < -0.4 is 16.2 Å². The number of primary amides is 1. The fourth-order valence-electron chi connectivity index (χ4n) is 8.13. The van der Waals surface area contributed by atoms with E-state index in [1.54, 1.807) is 0 Å². The van der Waals surface area contributed by atoms with Crippen molar-refractivity contribution in [3.8, 4) is 11.5 Å². The Bertz CT molecular complexity index is 1260. The number of carbonyl (C=O) groups is 4. The molecule has 5 N–H and O–H groups in total. The normalized spacial score (nSPS) is 33.3. The van der Waals surface area contributed by atoms with Crippen LogP contribution in [0.4, 0.5) is 5.69 Å². The summed E-state index contributed by atoms with van der Waals surface area (Å²) in [6.07, 6.45) is 8.79. The van der Waals surface area contributed by atoms with Crippen molar-refractivity contribution in [2.24, 2.45) is 34.3 Å². The lowest BCUT2D eigenvalue weighted by Gasteiger charge is -2.57. The summed E-state index contributed by atoms with van der Waals surface area (Å²) in [4.78, 5) is 49.0. The van der Waals surface area contributed by atoms with Crippen LogP contribution in [0.3, 0.4) is 0 Å². The number of amides is 1. The molecule has 3 saturated carbocycles. The first kappa shape index (κ1) is 27.2. The van der Waals surface area contributed by atoms with Crippen LogP contribution in [0.1, 0.15) is 88.4 Å². The Kier molecular flexibility index (Phi) is 6.97. The van der Waals surface area contributed by atoms with Crippen LogP contribution in [0.5, 0.6) is 11.5 Å². The third-order valence-electron chi connectivity index (χ3n) is 10.3. The number of aromatic hydroxyl groups is 1. The highest BCUT2D eigenvalue weighted by molar-refractivity contribution is 6.01. The first-order valence-electron chi connectivity index (χ1n) is 14.0. The molecule has 4 aliphatic carbocycles. The number of nitrogens with two attached hydrogens (primary N) is 2. The maximum absolute atomic E-state index is 12.8. The predicted octanol–water partition coefficient (Wildman–Crippen LogP) is 4.20. The molecular weight excluding hydrogens is 500 g/mol. The molecule has 9 heteroatoms. The van der Waals surface area contributed by atoms with Gasteiger partial charge in [0, 0.05) is 18.3 Å². The van der Waals surface area contributed by atoms with Gasteiger partial charge in [-0.15, -0.1) is 0 Å². The van der Waals surface area contributed by atoms with Crippen molar-refractivity contribution in [2.75, 3.05) is 5.73 Å². The number of rotatable bonds is 6. The molecule has 5 rings (SSSR count). The molecule has 0 heterocycles. The van der Waals surface area contributed by atoms with E-state index in [-0.39, 0.29) is 46.8 Å². The Morgan fingerprint density at radius 3 is 2.54 bits per heavy atom. The number of hydrogen-bond acceptors (Lipinski definition) is 8. The Hall–Kier alpha value is -3.36. The second-order valence-corrected chi connectivity index (χ2v) is 12.3. The van der Waals surface area contributed by atoms with Gasteiger partial charge in [-0.3, -0.25) is 19.2 Å². The second kappa shape index (κ2) is 9.99. The van der Waals surface area contributed by atoms with E-state index in [9.17, 15) is 24.3 Å². The number of fused-ring (bicyclic) bond motifs is 5. The van der Waals surface area contributed by atoms with E-state index in [0.717, 1.165) is 38.5 Å². The minimum Gasteiger partial charge on any atom is -0.505 e. The molecule has 9 nitrogen and oxygen atoms in total. The van der Waals surface area contributed by atoms with Crippen molar-refractivity contribution in [1.82, 2.24) is 0 Å². The molecular formula is C30H38N2O7. The number of benzene rings is 1. The zero-order chi connectivity index (χ0) is 28.1. The van der Waals surface area contributed by atoms with Gasteiger partial charge in [0.2, 0.25) is 0 Å². The van der Waals surface area contributed by atoms with Gasteiger partial charge in [-0.1, -0.05) is 25.5 Å². The van der Waals surface area contributed by atoms with E-state index in [4.69, 9.17) is 20.9 Å². The Morgan fingerprint density at radius 1 is 1.05 bits per heavy atom. The standard InChI is InChI=1S/C30H38N2O7/c1-29-13-11-17(33)15-16(29)3-4-18-19-5-8-23(30(19,2)14-12-20(18)29)39-25(35)10-9-24(34)38-22-7-6-21(31)27(36)26(22)28(32)37/h3,6-7,18-20,23,36H,4-5,8-15,31H2,1-2H3,(H2,32,37). The molecule has 4 aliphatic rings. The molecule has 0 saturated heterocycles. The average molecular weight is 539 g/mol. The second-order valence-electron chi connectivity index (χ2n) is 12.3. The molecule has 0 radical (unpaired) electrons. The summed E-state index contributed by atoms with van der Waals surface area (Å²) < 4.78 is 11.2. The zero-order valence-corrected chi connectivity index (χ0v) is 22.7. The number of Topliss-reactive ketones (excluding diaryl/α,β-unsaturated/α-hetero) is 1. The molecule has 3 fully saturated rings. The molecule has 1 aromatic rings. The van der Waals surface area contributed by atoms with E-state index in [0.29, 0.717) is 36.4 Å². The predicted molar refractivity (Wildman–Crippen MR) is 142 cm³/mol. The quantitative estimate of drug-likeness (QED) is 0.160. The first-order valence-corrected chi connectivity index (χ1v) is 14.0. The summed E-state index contributed by atoms with van der Waals surface area (Å²) in [7, 11) is 0. The van der Waals surface area contributed by atoms with Gasteiger partial charge in [-0.05, 0) is 73.8 Å². The van der Waals surface area contributed by atoms with Crippen LogP contribution >= 0.6 is 0 Å². The van der Waals surface area contributed by atoms with Gasteiger partial charge in [0.25, 0.3) is 5.91 Å². The van der Waals surface area contributed by atoms with Crippen molar-refractivity contribution in [3.63, 3.8) is 0 Å². The van der Waals surface area contributed by atoms with Gasteiger partial charge in [-0.25, -0.2) is 0 Å². The zero-order valence-electron chi connectivity index (χ0n) is 22.7. The molecule has 6 unspecified atom stereocenters. The van der Waals surface area contributed by atoms with Gasteiger partial charge in [-0.2, -0.15) is 0 Å². The highest BCUT2D eigenvalue weighted by Gasteiger charge is 2.59. The van der Waals surface area contributed by atoms with Crippen molar-refractivity contribution in [2.45, 2.75) is 84.2 Å². The van der Waals surface area contributed by atoms with Crippen LogP contribution in [0.15, 0.2) is 23.8 Å². The van der Waals surface area contributed by atoms with E-state index in [1.807, 2.05) is 0 Å². The van der Waals surface area contributed by atoms with Crippen LogP contribution in [-0.4, -0.2) is 34.8 Å².